The molecule has 17 heavy (non-hydrogen) atoms. The molecule has 1 N–H and O–H groups in total. The standard InChI is InChI=1S/C13H18BrNO2/c1-10(2)15(7-4-8-16)13(17)11-5-3-6-12(14)9-11/h3,5-6,9-10,16H,4,7-8H2,1-2H3. The Bertz CT molecular complexity index is 379. The highest BCUT2D eigenvalue weighted by molar-refractivity contribution is 9.10. The van der Waals surface area contributed by atoms with Crippen molar-refractivity contribution in [3.8, 4) is 0 Å². The van der Waals surface area contributed by atoms with Crippen LogP contribution in [0.5, 0.6) is 0 Å². The van der Waals surface area contributed by atoms with Crippen LogP contribution < -0.4 is 0 Å². The highest BCUT2D eigenvalue weighted by Crippen LogP contribution is 2.15. The number of nitrogens with zero attached hydrogens (tertiary/aromatic N) is 1. The van der Waals surface area contributed by atoms with Crippen LogP contribution in [0.3, 0.4) is 0 Å². The molecule has 1 amide bonds. The van der Waals surface area contributed by atoms with E-state index < -0.39 is 0 Å². The van der Waals surface area contributed by atoms with Crippen molar-refractivity contribution >= 4 is 21.8 Å². The maximum absolute atomic E-state index is 12.3. The number of aliphatic hydroxyl groups is 1. The number of rotatable bonds is 5. The molecule has 0 saturated heterocycles. The smallest absolute Gasteiger partial charge is 0.254 e. The van der Waals surface area contributed by atoms with Crippen molar-refractivity contribution in [3.05, 3.63) is 34.3 Å². The van der Waals surface area contributed by atoms with E-state index >= 15 is 0 Å². The molecular weight excluding hydrogens is 282 g/mol. The Hall–Kier alpha value is -0.870. The first-order valence-corrected chi connectivity index (χ1v) is 6.53. The number of carbonyl (C=O) groups is 1. The van der Waals surface area contributed by atoms with Gasteiger partial charge in [0.2, 0.25) is 0 Å². The first-order valence-electron chi connectivity index (χ1n) is 5.73. The largest absolute Gasteiger partial charge is 0.396 e. The third-order valence-electron chi connectivity index (χ3n) is 2.51. The van der Waals surface area contributed by atoms with Gasteiger partial charge < -0.3 is 10.0 Å². The molecule has 94 valence electrons. The molecule has 0 aliphatic heterocycles. The van der Waals surface area contributed by atoms with Gasteiger partial charge in [-0.2, -0.15) is 0 Å². The van der Waals surface area contributed by atoms with Gasteiger partial charge in [-0.05, 0) is 38.5 Å². The minimum absolute atomic E-state index is 0.00903. The second-order valence-corrected chi connectivity index (χ2v) is 5.10. The number of carbonyl (C=O) groups excluding carboxylic acids is 1. The van der Waals surface area contributed by atoms with Gasteiger partial charge in [-0.15, -0.1) is 0 Å². The van der Waals surface area contributed by atoms with Gasteiger partial charge in [-0.25, -0.2) is 0 Å². The summed E-state index contributed by atoms with van der Waals surface area (Å²) >= 11 is 3.36. The van der Waals surface area contributed by atoms with Crippen molar-refractivity contribution in [2.45, 2.75) is 26.3 Å². The summed E-state index contributed by atoms with van der Waals surface area (Å²) in [5.41, 5.74) is 0.672. The molecule has 0 unspecified atom stereocenters. The fourth-order valence-corrected chi connectivity index (χ4v) is 2.02. The van der Waals surface area contributed by atoms with E-state index in [4.69, 9.17) is 5.11 Å². The summed E-state index contributed by atoms with van der Waals surface area (Å²) < 4.78 is 0.897. The Morgan fingerprint density at radius 1 is 1.47 bits per heavy atom. The highest BCUT2D eigenvalue weighted by Gasteiger charge is 2.18. The zero-order valence-corrected chi connectivity index (χ0v) is 11.8. The summed E-state index contributed by atoms with van der Waals surface area (Å²) in [6.45, 7) is 4.65. The Labute approximate surface area is 111 Å². The zero-order valence-electron chi connectivity index (χ0n) is 10.2. The third-order valence-corrected chi connectivity index (χ3v) is 3.01. The SMILES string of the molecule is CC(C)N(CCCO)C(=O)c1cccc(Br)c1. The summed E-state index contributed by atoms with van der Waals surface area (Å²) in [5.74, 6) is 0.00903. The maximum Gasteiger partial charge on any atom is 0.254 e. The van der Waals surface area contributed by atoms with Gasteiger partial charge in [-0.1, -0.05) is 22.0 Å². The van der Waals surface area contributed by atoms with E-state index in [0.717, 1.165) is 4.47 Å². The van der Waals surface area contributed by atoms with Gasteiger partial charge in [0.05, 0.1) is 0 Å². The lowest BCUT2D eigenvalue weighted by molar-refractivity contribution is 0.0693. The number of hydrogen-bond acceptors (Lipinski definition) is 2. The van der Waals surface area contributed by atoms with Crippen LogP contribution in [0, 0.1) is 0 Å². The fraction of sp³-hybridized carbons (Fsp3) is 0.462. The molecule has 0 spiro atoms. The van der Waals surface area contributed by atoms with Crippen LogP contribution in [-0.4, -0.2) is 35.1 Å². The fourth-order valence-electron chi connectivity index (χ4n) is 1.62. The Balaban J connectivity index is 2.84. The van der Waals surface area contributed by atoms with Gasteiger partial charge in [0.1, 0.15) is 0 Å². The van der Waals surface area contributed by atoms with Crippen molar-refractivity contribution in [2.75, 3.05) is 13.2 Å². The van der Waals surface area contributed by atoms with E-state index in [1.807, 2.05) is 32.0 Å². The summed E-state index contributed by atoms with van der Waals surface area (Å²) in [4.78, 5) is 14.0. The van der Waals surface area contributed by atoms with E-state index in [1.165, 1.54) is 0 Å². The lowest BCUT2D eigenvalue weighted by atomic mass is 10.1. The van der Waals surface area contributed by atoms with Gasteiger partial charge in [0, 0.05) is 29.2 Å². The third kappa shape index (κ3) is 4.13. The average molecular weight is 300 g/mol. The van der Waals surface area contributed by atoms with E-state index in [2.05, 4.69) is 15.9 Å². The quantitative estimate of drug-likeness (QED) is 0.908. The maximum atomic E-state index is 12.3. The number of halogens is 1. The summed E-state index contributed by atoms with van der Waals surface area (Å²) in [6, 6.07) is 7.50. The summed E-state index contributed by atoms with van der Waals surface area (Å²) in [6.07, 6.45) is 0.609. The molecule has 0 aliphatic carbocycles. The van der Waals surface area contributed by atoms with Crippen LogP contribution in [0.1, 0.15) is 30.6 Å². The van der Waals surface area contributed by atoms with Crippen molar-refractivity contribution < 1.29 is 9.90 Å². The molecule has 0 aliphatic rings. The lowest BCUT2D eigenvalue weighted by Crippen LogP contribution is -2.38. The van der Waals surface area contributed by atoms with Crippen LogP contribution in [0.2, 0.25) is 0 Å². The van der Waals surface area contributed by atoms with E-state index in [-0.39, 0.29) is 18.6 Å². The molecule has 0 heterocycles. The minimum atomic E-state index is 0.00903. The van der Waals surface area contributed by atoms with Gasteiger partial charge >= 0.3 is 0 Å². The summed E-state index contributed by atoms with van der Waals surface area (Å²) in [5, 5.41) is 8.85. The number of amides is 1. The van der Waals surface area contributed by atoms with Crippen LogP contribution in [0.25, 0.3) is 0 Å². The van der Waals surface area contributed by atoms with Crippen molar-refractivity contribution in [1.82, 2.24) is 4.90 Å². The second-order valence-electron chi connectivity index (χ2n) is 4.18. The first-order chi connectivity index (χ1) is 8.06. The van der Waals surface area contributed by atoms with Crippen molar-refractivity contribution in [1.29, 1.82) is 0 Å². The Morgan fingerprint density at radius 3 is 2.71 bits per heavy atom. The van der Waals surface area contributed by atoms with Crippen LogP contribution >= 0.6 is 15.9 Å². The Morgan fingerprint density at radius 2 is 2.18 bits per heavy atom. The normalized spacial score (nSPS) is 10.6. The molecule has 0 saturated carbocycles. The molecule has 0 fully saturated rings. The van der Waals surface area contributed by atoms with Crippen LogP contribution in [0.15, 0.2) is 28.7 Å². The predicted molar refractivity (Wildman–Crippen MR) is 72.0 cm³/mol. The number of benzene rings is 1. The van der Waals surface area contributed by atoms with E-state index in [0.29, 0.717) is 18.5 Å². The molecule has 1 aromatic carbocycles. The van der Waals surface area contributed by atoms with E-state index in [9.17, 15) is 4.79 Å². The van der Waals surface area contributed by atoms with Gasteiger partial charge in [0.15, 0.2) is 0 Å². The molecular formula is C13H18BrNO2. The number of hydrogen-bond donors (Lipinski definition) is 1. The Kier molecular flexibility index (Phi) is 5.65. The molecule has 0 radical (unpaired) electrons. The lowest BCUT2D eigenvalue weighted by Gasteiger charge is -2.26. The van der Waals surface area contributed by atoms with Crippen molar-refractivity contribution in [3.63, 3.8) is 0 Å². The summed E-state index contributed by atoms with van der Waals surface area (Å²) in [7, 11) is 0. The first kappa shape index (κ1) is 14.2. The second kappa shape index (κ2) is 6.77. The van der Waals surface area contributed by atoms with Crippen LogP contribution in [0.4, 0.5) is 0 Å². The predicted octanol–water partition coefficient (Wildman–Crippen LogP) is 2.68. The molecule has 0 atom stereocenters. The molecule has 1 rings (SSSR count). The van der Waals surface area contributed by atoms with Crippen molar-refractivity contribution in [2.24, 2.45) is 0 Å². The molecule has 3 nitrogen and oxygen atoms in total. The molecule has 1 aromatic rings. The van der Waals surface area contributed by atoms with Crippen LogP contribution in [-0.2, 0) is 0 Å². The molecule has 0 bridgehead atoms. The zero-order chi connectivity index (χ0) is 12.8. The highest BCUT2D eigenvalue weighted by atomic mass is 79.9. The topological polar surface area (TPSA) is 40.5 Å². The average Bonchev–Trinajstić information content (AvgIpc) is 2.29. The molecule has 0 aromatic heterocycles. The van der Waals surface area contributed by atoms with Gasteiger partial charge in [-0.3, -0.25) is 4.79 Å². The number of aliphatic hydroxyl groups excluding tert-OH is 1. The van der Waals surface area contributed by atoms with Gasteiger partial charge in [0.25, 0.3) is 5.91 Å². The monoisotopic (exact) mass is 299 g/mol. The van der Waals surface area contributed by atoms with E-state index in [1.54, 1.807) is 11.0 Å². The minimum Gasteiger partial charge on any atom is -0.396 e. The molecule has 4 heteroatoms.